The minimum absolute atomic E-state index is 0.0116. The van der Waals surface area contributed by atoms with Crippen molar-refractivity contribution in [3.05, 3.63) is 59.2 Å². The molecule has 0 atom stereocenters. The van der Waals surface area contributed by atoms with Crippen LogP contribution in [0.2, 0.25) is 0 Å². The maximum Gasteiger partial charge on any atom is 0.340 e. The van der Waals surface area contributed by atoms with Gasteiger partial charge in [-0.3, -0.25) is 0 Å². The second-order valence-corrected chi connectivity index (χ2v) is 8.19. The third-order valence-corrected chi connectivity index (χ3v) is 5.59. The van der Waals surface area contributed by atoms with Crippen molar-refractivity contribution in [1.29, 1.82) is 0 Å². The third kappa shape index (κ3) is 6.17. The number of carbonyl (C=O) groups is 1. The fraction of sp³-hybridized carbons (Fsp3) is 0.316. The summed E-state index contributed by atoms with van der Waals surface area (Å²) in [6, 6.07) is 9.35. The summed E-state index contributed by atoms with van der Waals surface area (Å²) in [5.74, 6) is -5.52. The molecule has 6 nitrogen and oxygen atoms in total. The largest absolute Gasteiger partial charge is 0.487 e. The highest BCUT2D eigenvalue weighted by atomic mass is 32.2. The van der Waals surface area contributed by atoms with E-state index >= 15 is 0 Å². The SMILES string of the molecule is Cc1ccc(S(=O)(=O)NCCc2ccc(OCC(F)(F)C(F)F)cc2)cc1C(=O)O. The number of carboxylic acids is 1. The van der Waals surface area contributed by atoms with Crippen molar-refractivity contribution in [2.45, 2.75) is 30.6 Å². The van der Waals surface area contributed by atoms with Crippen molar-refractivity contribution in [3.63, 3.8) is 0 Å². The van der Waals surface area contributed by atoms with E-state index in [2.05, 4.69) is 9.46 Å². The Morgan fingerprint density at radius 1 is 1.17 bits per heavy atom. The van der Waals surface area contributed by atoms with Crippen LogP contribution in [-0.4, -0.2) is 45.0 Å². The van der Waals surface area contributed by atoms with Gasteiger partial charge in [0.15, 0.2) is 6.61 Å². The molecular weight excluding hydrogens is 430 g/mol. The highest BCUT2D eigenvalue weighted by Crippen LogP contribution is 2.24. The first-order valence-corrected chi connectivity index (χ1v) is 10.1. The number of benzene rings is 2. The number of ether oxygens (including phenoxy) is 1. The van der Waals surface area contributed by atoms with E-state index in [1.165, 1.54) is 36.4 Å². The van der Waals surface area contributed by atoms with Gasteiger partial charge in [0, 0.05) is 6.54 Å². The number of alkyl halides is 4. The fourth-order valence-electron chi connectivity index (χ4n) is 2.41. The Morgan fingerprint density at radius 3 is 2.37 bits per heavy atom. The van der Waals surface area contributed by atoms with E-state index in [0.717, 1.165) is 6.07 Å². The van der Waals surface area contributed by atoms with Gasteiger partial charge in [-0.05, 0) is 48.7 Å². The lowest BCUT2D eigenvalue weighted by Crippen LogP contribution is -2.33. The molecule has 30 heavy (non-hydrogen) atoms. The summed E-state index contributed by atoms with van der Waals surface area (Å²) >= 11 is 0. The van der Waals surface area contributed by atoms with E-state index in [0.29, 0.717) is 11.1 Å². The molecule has 0 saturated heterocycles. The van der Waals surface area contributed by atoms with Gasteiger partial charge < -0.3 is 9.84 Å². The zero-order chi connectivity index (χ0) is 22.5. The van der Waals surface area contributed by atoms with Gasteiger partial charge in [0.25, 0.3) is 0 Å². The van der Waals surface area contributed by atoms with Crippen molar-refractivity contribution in [2.24, 2.45) is 0 Å². The Labute approximate surface area is 170 Å². The molecule has 0 aliphatic rings. The third-order valence-electron chi connectivity index (χ3n) is 4.13. The van der Waals surface area contributed by atoms with Gasteiger partial charge in [0.05, 0.1) is 10.5 Å². The van der Waals surface area contributed by atoms with Crippen LogP contribution in [-0.2, 0) is 16.4 Å². The maximum atomic E-state index is 12.8. The topological polar surface area (TPSA) is 92.7 Å². The van der Waals surface area contributed by atoms with E-state index in [-0.39, 0.29) is 29.2 Å². The van der Waals surface area contributed by atoms with Gasteiger partial charge in [-0.25, -0.2) is 26.7 Å². The molecule has 2 rings (SSSR count). The van der Waals surface area contributed by atoms with Gasteiger partial charge in [-0.1, -0.05) is 18.2 Å². The van der Waals surface area contributed by atoms with Crippen molar-refractivity contribution in [1.82, 2.24) is 4.72 Å². The van der Waals surface area contributed by atoms with Crippen molar-refractivity contribution >= 4 is 16.0 Å². The number of sulfonamides is 1. The molecule has 0 saturated carbocycles. The number of aromatic carboxylic acids is 1. The molecule has 0 aromatic heterocycles. The normalized spacial score (nSPS) is 12.2. The van der Waals surface area contributed by atoms with Crippen molar-refractivity contribution < 1.29 is 40.6 Å². The second kappa shape index (κ2) is 9.43. The van der Waals surface area contributed by atoms with E-state index < -0.39 is 34.9 Å². The first-order valence-electron chi connectivity index (χ1n) is 8.64. The molecule has 0 fully saturated rings. The van der Waals surface area contributed by atoms with Gasteiger partial charge in [0.2, 0.25) is 10.0 Å². The molecule has 0 unspecified atom stereocenters. The van der Waals surface area contributed by atoms with E-state index in [1.54, 1.807) is 6.92 Å². The Morgan fingerprint density at radius 2 is 1.80 bits per heavy atom. The highest BCUT2D eigenvalue weighted by molar-refractivity contribution is 7.89. The van der Waals surface area contributed by atoms with Crippen LogP contribution in [0.15, 0.2) is 47.4 Å². The lowest BCUT2D eigenvalue weighted by Gasteiger charge is -2.16. The molecule has 2 N–H and O–H groups in total. The Bertz CT molecular complexity index is 994. The zero-order valence-corrected chi connectivity index (χ0v) is 16.6. The van der Waals surface area contributed by atoms with Crippen molar-refractivity contribution in [2.75, 3.05) is 13.2 Å². The van der Waals surface area contributed by atoms with Crippen LogP contribution in [0, 0.1) is 6.92 Å². The maximum absolute atomic E-state index is 12.8. The Kier molecular flexibility index (Phi) is 7.43. The van der Waals surface area contributed by atoms with Crippen LogP contribution < -0.4 is 9.46 Å². The molecule has 0 bridgehead atoms. The summed E-state index contributed by atoms with van der Waals surface area (Å²) < 4.78 is 81.6. The molecule has 0 aliphatic heterocycles. The predicted octanol–water partition coefficient (Wildman–Crippen LogP) is 3.49. The number of aryl methyl sites for hydroxylation is 1. The van der Waals surface area contributed by atoms with Gasteiger partial charge >= 0.3 is 18.3 Å². The van der Waals surface area contributed by atoms with Gasteiger partial charge in [-0.2, -0.15) is 8.78 Å². The number of nitrogens with one attached hydrogen (secondary N) is 1. The standard InChI is InChI=1S/C19H19F4NO5S/c1-12-2-7-15(10-16(12)17(25)26)30(27,28)24-9-8-13-3-5-14(6-4-13)29-11-19(22,23)18(20)21/h2-7,10,18,24H,8-9,11H2,1H3,(H,25,26). The predicted molar refractivity (Wildman–Crippen MR) is 99.9 cm³/mol. The fourth-order valence-corrected chi connectivity index (χ4v) is 3.46. The molecule has 0 aliphatic carbocycles. The van der Waals surface area contributed by atoms with Gasteiger partial charge in [-0.15, -0.1) is 0 Å². The minimum atomic E-state index is -4.26. The van der Waals surface area contributed by atoms with Crippen LogP contribution in [0.5, 0.6) is 5.75 Å². The molecule has 0 amide bonds. The molecule has 2 aromatic rings. The first-order chi connectivity index (χ1) is 13.9. The Balaban J connectivity index is 1.93. The van der Waals surface area contributed by atoms with Crippen LogP contribution in [0.1, 0.15) is 21.5 Å². The Hall–Kier alpha value is -2.66. The lowest BCUT2D eigenvalue weighted by molar-refractivity contribution is -0.148. The summed E-state index contributed by atoms with van der Waals surface area (Å²) in [5, 5.41) is 9.11. The van der Waals surface area contributed by atoms with Crippen LogP contribution in [0.3, 0.4) is 0 Å². The minimum Gasteiger partial charge on any atom is -0.487 e. The van der Waals surface area contributed by atoms with E-state index in [1.807, 2.05) is 0 Å². The average molecular weight is 449 g/mol. The molecular formula is C19H19F4NO5S. The van der Waals surface area contributed by atoms with Crippen LogP contribution in [0.25, 0.3) is 0 Å². The lowest BCUT2D eigenvalue weighted by atomic mass is 10.1. The average Bonchev–Trinajstić information content (AvgIpc) is 2.67. The van der Waals surface area contributed by atoms with Gasteiger partial charge in [0.1, 0.15) is 5.75 Å². The number of hydrogen-bond donors (Lipinski definition) is 2. The number of rotatable bonds is 10. The molecule has 0 heterocycles. The zero-order valence-electron chi connectivity index (χ0n) is 15.7. The monoisotopic (exact) mass is 449 g/mol. The summed E-state index contributed by atoms with van der Waals surface area (Å²) in [6.45, 7) is 0.0796. The molecule has 0 spiro atoms. The molecule has 0 radical (unpaired) electrons. The molecule has 2 aromatic carbocycles. The summed E-state index contributed by atoms with van der Waals surface area (Å²) in [4.78, 5) is 11.0. The first kappa shape index (κ1) is 23.6. The molecule has 164 valence electrons. The number of hydrogen-bond acceptors (Lipinski definition) is 4. The quantitative estimate of drug-likeness (QED) is 0.542. The summed E-state index contributed by atoms with van der Waals surface area (Å²) in [7, 11) is -3.94. The number of halogens is 4. The smallest absolute Gasteiger partial charge is 0.340 e. The highest BCUT2D eigenvalue weighted by Gasteiger charge is 2.41. The van der Waals surface area contributed by atoms with E-state index in [9.17, 15) is 30.8 Å². The number of carboxylic acid groups (broad SMARTS) is 1. The second-order valence-electron chi connectivity index (χ2n) is 6.42. The van der Waals surface area contributed by atoms with Crippen molar-refractivity contribution in [3.8, 4) is 5.75 Å². The molecule has 11 heteroatoms. The summed E-state index contributed by atoms with van der Waals surface area (Å²) in [6.07, 6.45) is -3.59. The summed E-state index contributed by atoms with van der Waals surface area (Å²) in [5.41, 5.74) is 0.946. The van der Waals surface area contributed by atoms with E-state index in [4.69, 9.17) is 5.11 Å². The van der Waals surface area contributed by atoms with Crippen LogP contribution >= 0.6 is 0 Å². The van der Waals surface area contributed by atoms with Crippen LogP contribution in [0.4, 0.5) is 17.6 Å².